The van der Waals surface area contributed by atoms with E-state index in [1.807, 2.05) is 79.2 Å². The minimum Gasteiger partial charge on any atom is -0.467 e. The standard InChI is InChI=1S/C26H27N5O4S/c1-18(28-34-15-20-13-14-36-17-20)21-9-11-22(12-10-21)19(2)29-35-16-23-7-5-6-8-24(23)31-25(33-4)27-30(3)26(31)32/h5-14,17H,15-16H2,1-4H3/b28-18+,29-19+. The van der Waals surface area contributed by atoms with E-state index in [0.29, 0.717) is 12.3 Å². The van der Waals surface area contributed by atoms with Gasteiger partial charge in [-0.3, -0.25) is 0 Å². The van der Waals surface area contributed by atoms with E-state index in [-0.39, 0.29) is 18.3 Å². The summed E-state index contributed by atoms with van der Waals surface area (Å²) in [5.41, 5.74) is 5.58. The molecule has 0 aliphatic carbocycles. The van der Waals surface area contributed by atoms with Gasteiger partial charge in [-0.2, -0.15) is 11.3 Å². The Balaban J connectivity index is 1.41. The van der Waals surface area contributed by atoms with Crippen molar-refractivity contribution >= 4 is 22.8 Å². The molecule has 0 saturated heterocycles. The summed E-state index contributed by atoms with van der Waals surface area (Å²) < 4.78 is 7.90. The monoisotopic (exact) mass is 505 g/mol. The number of methoxy groups -OCH3 is 1. The van der Waals surface area contributed by atoms with Gasteiger partial charge in [-0.15, -0.1) is 5.10 Å². The summed E-state index contributed by atoms with van der Waals surface area (Å²) in [6, 6.07) is 17.5. The summed E-state index contributed by atoms with van der Waals surface area (Å²) in [7, 11) is 3.05. The molecule has 0 fully saturated rings. The first kappa shape index (κ1) is 24.9. The summed E-state index contributed by atoms with van der Waals surface area (Å²) in [5.74, 6) is 0. The topological polar surface area (TPSA) is 92.2 Å². The highest BCUT2D eigenvalue weighted by molar-refractivity contribution is 7.07. The van der Waals surface area contributed by atoms with Crippen molar-refractivity contribution in [1.29, 1.82) is 0 Å². The van der Waals surface area contributed by atoms with Gasteiger partial charge in [0.05, 0.1) is 24.2 Å². The molecular formula is C26H27N5O4S. The van der Waals surface area contributed by atoms with Crippen LogP contribution in [0.5, 0.6) is 6.01 Å². The summed E-state index contributed by atoms with van der Waals surface area (Å²) in [4.78, 5) is 23.6. The molecule has 0 amide bonds. The number of hydrogen-bond acceptors (Lipinski definition) is 8. The average Bonchev–Trinajstić information content (AvgIpc) is 3.52. The van der Waals surface area contributed by atoms with Gasteiger partial charge in [0.1, 0.15) is 13.2 Å². The second kappa shape index (κ2) is 11.5. The first-order valence-electron chi connectivity index (χ1n) is 11.2. The smallest absolute Gasteiger partial charge is 0.353 e. The van der Waals surface area contributed by atoms with Crippen LogP contribution >= 0.6 is 11.3 Å². The molecule has 186 valence electrons. The van der Waals surface area contributed by atoms with Gasteiger partial charge in [0.25, 0.3) is 0 Å². The van der Waals surface area contributed by atoms with Crippen LogP contribution in [0.4, 0.5) is 0 Å². The highest BCUT2D eigenvalue weighted by Gasteiger charge is 2.16. The number of aromatic nitrogens is 3. The average molecular weight is 506 g/mol. The van der Waals surface area contributed by atoms with E-state index in [4.69, 9.17) is 14.4 Å². The van der Waals surface area contributed by atoms with Crippen molar-refractivity contribution in [3.05, 3.63) is 98.1 Å². The number of rotatable bonds is 10. The zero-order valence-electron chi connectivity index (χ0n) is 20.5. The predicted molar refractivity (Wildman–Crippen MR) is 140 cm³/mol. The molecular weight excluding hydrogens is 478 g/mol. The molecule has 0 radical (unpaired) electrons. The predicted octanol–water partition coefficient (Wildman–Crippen LogP) is 4.52. The molecule has 10 heteroatoms. The van der Waals surface area contributed by atoms with Crippen LogP contribution in [0.15, 0.2) is 80.5 Å². The lowest BCUT2D eigenvalue weighted by Crippen LogP contribution is -2.22. The van der Waals surface area contributed by atoms with Gasteiger partial charge >= 0.3 is 11.7 Å². The Morgan fingerprint density at radius 3 is 2.19 bits per heavy atom. The molecule has 9 nitrogen and oxygen atoms in total. The van der Waals surface area contributed by atoms with Gasteiger partial charge < -0.3 is 14.4 Å². The summed E-state index contributed by atoms with van der Waals surface area (Å²) in [5, 5.41) is 16.6. The number of oxime groups is 2. The lowest BCUT2D eigenvalue weighted by molar-refractivity contribution is 0.130. The van der Waals surface area contributed by atoms with Crippen LogP contribution in [-0.2, 0) is 29.9 Å². The van der Waals surface area contributed by atoms with Gasteiger partial charge in [-0.05, 0) is 47.9 Å². The van der Waals surface area contributed by atoms with E-state index in [1.54, 1.807) is 18.4 Å². The lowest BCUT2D eigenvalue weighted by atomic mass is 10.1. The Morgan fingerprint density at radius 2 is 1.58 bits per heavy atom. The number of thiophene rings is 1. The first-order valence-corrected chi connectivity index (χ1v) is 12.2. The highest BCUT2D eigenvalue weighted by atomic mass is 32.1. The largest absolute Gasteiger partial charge is 0.467 e. The molecule has 36 heavy (non-hydrogen) atoms. The van der Waals surface area contributed by atoms with Crippen LogP contribution in [0.1, 0.15) is 36.1 Å². The number of benzene rings is 2. The second-order valence-corrected chi connectivity index (χ2v) is 8.75. The molecule has 4 rings (SSSR count). The lowest BCUT2D eigenvalue weighted by Gasteiger charge is -2.10. The van der Waals surface area contributed by atoms with Crippen LogP contribution < -0.4 is 10.4 Å². The number of para-hydroxylation sites is 1. The molecule has 2 aromatic carbocycles. The molecule has 0 N–H and O–H groups in total. The van der Waals surface area contributed by atoms with Crippen molar-refractivity contribution in [2.75, 3.05) is 7.11 Å². The zero-order valence-corrected chi connectivity index (χ0v) is 21.4. The van der Waals surface area contributed by atoms with E-state index < -0.39 is 0 Å². The van der Waals surface area contributed by atoms with E-state index in [2.05, 4.69) is 15.4 Å². The fraction of sp³-hybridized carbons (Fsp3) is 0.231. The maximum absolute atomic E-state index is 12.6. The number of aryl methyl sites for hydroxylation is 1. The molecule has 4 aromatic rings. The molecule has 0 aliphatic heterocycles. The molecule has 0 spiro atoms. The maximum Gasteiger partial charge on any atom is 0.353 e. The molecule has 0 bridgehead atoms. The van der Waals surface area contributed by atoms with Gasteiger partial charge in [0.15, 0.2) is 0 Å². The van der Waals surface area contributed by atoms with Gasteiger partial charge in [0.2, 0.25) is 0 Å². The third kappa shape index (κ3) is 5.72. The molecule has 0 saturated carbocycles. The van der Waals surface area contributed by atoms with Gasteiger partial charge in [-0.25, -0.2) is 14.0 Å². The summed E-state index contributed by atoms with van der Waals surface area (Å²) in [6.45, 7) is 4.41. The summed E-state index contributed by atoms with van der Waals surface area (Å²) >= 11 is 1.63. The number of hydrogen-bond donors (Lipinski definition) is 0. The van der Waals surface area contributed by atoms with Crippen LogP contribution in [-0.4, -0.2) is 32.9 Å². The Bertz CT molecular complexity index is 1420. The Morgan fingerprint density at radius 1 is 0.944 bits per heavy atom. The van der Waals surface area contributed by atoms with Crippen LogP contribution in [0, 0.1) is 0 Å². The third-order valence-corrected chi connectivity index (χ3v) is 6.20. The van der Waals surface area contributed by atoms with Crippen molar-refractivity contribution in [2.24, 2.45) is 17.4 Å². The fourth-order valence-electron chi connectivity index (χ4n) is 3.47. The van der Waals surface area contributed by atoms with Crippen molar-refractivity contribution in [3.8, 4) is 11.7 Å². The third-order valence-electron chi connectivity index (χ3n) is 5.46. The minimum atomic E-state index is -0.310. The Hall–Kier alpha value is -4.18. The molecule has 2 heterocycles. The van der Waals surface area contributed by atoms with E-state index >= 15 is 0 Å². The summed E-state index contributed by atoms with van der Waals surface area (Å²) in [6.07, 6.45) is 0. The SMILES string of the molecule is COc1nn(C)c(=O)n1-c1ccccc1CO/N=C(\C)c1ccc(/C(C)=N/OCc2ccsc2)cc1. The molecule has 0 unspecified atom stereocenters. The quantitative estimate of drug-likeness (QED) is 0.233. The molecule has 2 aromatic heterocycles. The Labute approximate surface area is 212 Å². The second-order valence-electron chi connectivity index (χ2n) is 7.97. The molecule has 0 aliphatic rings. The zero-order chi connectivity index (χ0) is 25.5. The molecule has 0 atom stereocenters. The fourth-order valence-corrected chi connectivity index (χ4v) is 4.12. The van der Waals surface area contributed by atoms with Gasteiger partial charge in [0, 0.05) is 18.2 Å². The van der Waals surface area contributed by atoms with Crippen molar-refractivity contribution in [2.45, 2.75) is 27.1 Å². The number of nitrogens with zero attached hydrogens (tertiary/aromatic N) is 5. The van der Waals surface area contributed by atoms with Crippen molar-refractivity contribution < 1.29 is 14.4 Å². The van der Waals surface area contributed by atoms with E-state index in [0.717, 1.165) is 33.7 Å². The normalized spacial score (nSPS) is 12.0. The first-order chi connectivity index (χ1) is 17.5. The van der Waals surface area contributed by atoms with Crippen molar-refractivity contribution in [3.63, 3.8) is 0 Å². The van der Waals surface area contributed by atoms with Crippen LogP contribution in [0.2, 0.25) is 0 Å². The maximum atomic E-state index is 12.6. The van der Waals surface area contributed by atoms with Crippen molar-refractivity contribution in [1.82, 2.24) is 14.3 Å². The van der Waals surface area contributed by atoms with Gasteiger partial charge in [-0.1, -0.05) is 52.8 Å². The van der Waals surface area contributed by atoms with E-state index in [1.165, 1.54) is 16.4 Å². The minimum absolute atomic E-state index is 0.170. The Kier molecular flexibility index (Phi) is 7.96. The highest BCUT2D eigenvalue weighted by Crippen LogP contribution is 2.19. The number of ether oxygens (including phenoxy) is 1. The van der Waals surface area contributed by atoms with Crippen LogP contribution in [0.3, 0.4) is 0 Å². The van der Waals surface area contributed by atoms with E-state index in [9.17, 15) is 4.79 Å². The van der Waals surface area contributed by atoms with Crippen LogP contribution in [0.25, 0.3) is 5.69 Å².